The number of sulfone groups is 1. The third kappa shape index (κ3) is 3.96. The molecule has 5 nitrogen and oxygen atoms in total. The number of carbonyl (C=O) groups excluding carboxylic acids is 1. The second-order valence-corrected chi connectivity index (χ2v) is 7.41. The molecule has 2 rings (SSSR count). The predicted molar refractivity (Wildman–Crippen MR) is 65.4 cm³/mol. The summed E-state index contributed by atoms with van der Waals surface area (Å²) in [6.45, 7) is 1.39. The van der Waals surface area contributed by atoms with Crippen molar-refractivity contribution in [2.75, 3.05) is 25.4 Å². The van der Waals surface area contributed by atoms with E-state index in [-0.39, 0.29) is 17.7 Å². The molecule has 0 aromatic carbocycles. The molecule has 17 heavy (non-hydrogen) atoms. The number of hydrogen-bond acceptors (Lipinski definition) is 4. The molecule has 1 heterocycles. The van der Waals surface area contributed by atoms with E-state index in [4.69, 9.17) is 0 Å². The molecule has 2 N–H and O–H groups in total. The Morgan fingerprint density at radius 2 is 1.94 bits per heavy atom. The second kappa shape index (κ2) is 5.35. The summed E-state index contributed by atoms with van der Waals surface area (Å²) in [5, 5.41) is 5.48. The van der Waals surface area contributed by atoms with Gasteiger partial charge in [-0.1, -0.05) is 0 Å². The van der Waals surface area contributed by atoms with Gasteiger partial charge in [0, 0.05) is 13.1 Å². The van der Waals surface area contributed by atoms with Crippen molar-refractivity contribution in [3.05, 3.63) is 0 Å². The fourth-order valence-corrected chi connectivity index (χ4v) is 3.88. The van der Waals surface area contributed by atoms with Gasteiger partial charge < -0.3 is 10.6 Å². The molecule has 1 aliphatic carbocycles. The minimum atomic E-state index is -2.89. The van der Waals surface area contributed by atoms with Crippen LogP contribution < -0.4 is 10.6 Å². The Morgan fingerprint density at radius 3 is 2.53 bits per heavy atom. The van der Waals surface area contributed by atoms with Crippen LogP contribution in [0.5, 0.6) is 0 Å². The zero-order valence-corrected chi connectivity index (χ0v) is 10.8. The first-order valence-corrected chi connectivity index (χ1v) is 7.98. The van der Waals surface area contributed by atoms with Crippen molar-refractivity contribution >= 4 is 15.7 Å². The van der Waals surface area contributed by atoms with Gasteiger partial charge in [0.05, 0.1) is 17.5 Å². The molecule has 2 aliphatic rings. The average Bonchev–Trinajstić information content (AvgIpc) is 3.02. The maximum Gasteiger partial charge on any atom is 0.233 e. The number of carbonyl (C=O) groups is 1. The van der Waals surface area contributed by atoms with E-state index in [0.717, 1.165) is 19.4 Å². The molecule has 1 saturated carbocycles. The number of nitrogens with one attached hydrogen (secondary N) is 2. The molecule has 1 saturated heterocycles. The van der Waals surface area contributed by atoms with Crippen molar-refractivity contribution in [3.8, 4) is 0 Å². The van der Waals surface area contributed by atoms with Crippen molar-refractivity contribution in [3.63, 3.8) is 0 Å². The van der Waals surface area contributed by atoms with Crippen LogP contribution in [-0.2, 0) is 14.6 Å². The summed E-state index contributed by atoms with van der Waals surface area (Å²) >= 11 is 0. The van der Waals surface area contributed by atoms with E-state index in [1.54, 1.807) is 0 Å². The van der Waals surface area contributed by atoms with Gasteiger partial charge >= 0.3 is 0 Å². The Bertz CT molecular complexity index is 376. The molecule has 0 aromatic heterocycles. The fourth-order valence-electron chi connectivity index (χ4n) is 2.08. The summed E-state index contributed by atoms with van der Waals surface area (Å²) in [6, 6.07) is 0. The third-order valence-corrected chi connectivity index (χ3v) is 5.68. The van der Waals surface area contributed by atoms with Crippen LogP contribution in [0.4, 0.5) is 0 Å². The van der Waals surface area contributed by atoms with Crippen molar-refractivity contribution in [1.29, 1.82) is 0 Å². The highest BCUT2D eigenvalue weighted by molar-refractivity contribution is 7.92. The Hall–Kier alpha value is -0.620. The van der Waals surface area contributed by atoms with Gasteiger partial charge in [0.1, 0.15) is 0 Å². The van der Waals surface area contributed by atoms with Gasteiger partial charge in [0.2, 0.25) is 5.91 Å². The highest BCUT2D eigenvalue weighted by Gasteiger charge is 2.30. The van der Waals surface area contributed by atoms with E-state index in [0.29, 0.717) is 18.2 Å². The first kappa shape index (κ1) is 12.8. The summed E-state index contributed by atoms with van der Waals surface area (Å²) in [6.07, 6.45) is 3.91. The Balaban J connectivity index is 1.60. The van der Waals surface area contributed by atoms with E-state index >= 15 is 0 Å². The molecule has 1 atom stereocenters. The van der Waals surface area contributed by atoms with E-state index in [9.17, 15) is 13.2 Å². The van der Waals surface area contributed by atoms with Gasteiger partial charge in [-0.05, 0) is 31.6 Å². The van der Waals surface area contributed by atoms with Gasteiger partial charge in [-0.15, -0.1) is 0 Å². The van der Waals surface area contributed by atoms with Crippen LogP contribution in [0.15, 0.2) is 0 Å². The molecule has 1 amide bonds. The molecular weight excluding hydrogens is 240 g/mol. The zero-order chi connectivity index (χ0) is 12.3. The van der Waals surface area contributed by atoms with Crippen molar-refractivity contribution < 1.29 is 13.2 Å². The highest BCUT2D eigenvalue weighted by atomic mass is 32.2. The molecule has 0 spiro atoms. The number of hydrogen-bond donors (Lipinski definition) is 2. The van der Waals surface area contributed by atoms with E-state index < -0.39 is 9.84 Å². The van der Waals surface area contributed by atoms with Gasteiger partial charge in [-0.25, -0.2) is 8.42 Å². The summed E-state index contributed by atoms with van der Waals surface area (Å²) < 4.78 is 23.0. The second-order valence-electron chi connectivity index (χ2n) is 5.01. The Morgan fingerprint density at radius 1 is 1.18 bits per heavy atom. The predicted octanol–water partition coefficient (Wildman–Crippen LogP) is -0.321. The molecular formula is C11H20N2O3S. The first-order chi connectivity index (χ1) is 8.08. The lowest BCUT2D eigenvalue weighted by Gasteiger charge is -2.10. The van der Waals surface area contributed by atoms with Crippen LogP contribution in [0.2, 0.25) is 0 Å². The van der Waals surface area contributed by atoms with Crippen molar-refractivity contribution in [2.45, 2.75) is 30.9 Å². The summed E-state index contributed by atoms with van der Waals surface area (Å²) in [5.74, 6) is 0.939. The largest absolute Gasteiger partial charge is 0.355 e. The SMILES string of the molecule is O=C(CNCC1CCCS1(=O)=O)NCC1CC1. The highest BCUT2D eigenvalue weighted by Crippen LogP contribution is 2.27. The number of amides is 1. The van der Waals surface area contributed by atoms with Crippen LogP contribution in [-0.4, -0.2) is 45.0 Å². The number of rotatable bonds is 6. The van der Waals surface area contributed by atoms with E-state index in [2.05, 4.69) is 10.6 Å². The first-order valence-electron chi connectivity index (χ1n) is 6.27. The van der Waals surface area contributed by atoms with Crippen LogP contribution in [0, 0.1) is 5.92 Å². The Labute approximate surface area is 102 Å². The molecule has 0 aromatic rings. The normalized spacial score (nSPS) is 26.9. The molecule has 1 unspecified atom stereocenters. The van der Waals surface area contributed by atoms with Crippen LogP contribution in [0.3, 0.4) is 0 Å². The summed E-state index contributed by atoms with van der Waals surface area (Å²) in [4.78, 5) is 11.4. The lowest BCUT2D eigenvalue weighted by molar-refractivity contribution is -0.120. The maximum atomic E-state index is 11.5. The fraction of sp³-hybridized carbons (Fsp3) is 0.909. The van der Waals surface area contributed by atoms with Gasteiger partial charge in [0.25, 0.3) is 0 Å². The van der Waals surface area contributed by atoms with E-state index in [1.807, 2.05) is 0 Å². The maximum absolute atomic E-state index is 11.5. The molecule has 0 bridgehead atoms. The third-order valence-electron chi connectivity index (χ3n) is 3.41. The quantitative estimate of drug-likeness (QED) is 0.686. The van der Waals surface area contributed by atoms with Crippen molar-refractivity contribution in [2.24, 2.45) is 5.92 Å². The standard InChI is InChI=1S/C11H20N2O3S/c14-11(13-6-9-3-4-9)8-12-7-10-2-1-5-17(10,15)16/h9-10,12H,1-8H2,(H,13,14). The lowest BCUT2D eigenvalue weighted by atomic mass is 10.2. The molecule has 6 heteroatoms. The molecule has 98 valence electrons. The van der Waals surface area contributed by atoms with Crippen LogP contribution in [0.25, 0.3) is 0 Å². The zero-order valence-electron chi connectivity index (χ0n) is 9.94. The minimum absolute atomic E-state index is 0.0349. The smallest absolute Gasteiger partial charge is 0.233 e. The van der Waals surface area contributed by atoms with Gasteiger partial charge in [0.15, 0.2) is 9.84 Å². The lowest BCUT2D eigenvalue weighted by Crippen LogP contribution is -2.39. The van der Waals surface area contributed by atoms with Gasteiger partial charge in [-0.2, -0.15) is 0 Å². The van der Waals surface area contributed by atoms with Crippen LogP contribution in [0.1, 0.15) is 25.7 Å². The molecule has 0 radical (unpaired) electrons. The monoisotopic (exact) mass is 260 g/mol. The van der Waals surface area contributed by atoms with Crippen molar-refractivity contribution in [1.82, 2.24) is 10.6 Å². The Kier molecular flexibility index (Phi) is 4.04. The minimum Gasteiger partial charge on any atom is -0.355 e. The van der Waals surface area contributed by atoms with E-state index in [1.165, 1.54) is 12.8 Å². The molecule has 2 fully saturated rings. The average molecular weight is 260 g/mol. The summed E-state index contributed by atoms with van der Waals surface area (Å²) in [7, 11) is -2.89. The molecule has 1 aliphatic heterocycles. The van der Waals surface area contributed by atoms with Gasteiger partial charge in [-0.3, -0.25) is 4.79 Å². The van der Waals surface area contributed by atoms with Crippen LogP contribution >= 0.6 is 0 Å². The summed E-state index contributed by atoms with van der Waals surface area (Å²) in [5.41, 5.74) is 0. The topological polar surface area (TPSA) is 75.3 Å².